The molecule has 2 heterocycles. The smallest absolute Gasteiger partial charge is 0.226 e. The van der Waals surface area contributed by atoms with Crippen LogP contribution in [0.2, 0.25) is 0 Å². The predicted octanol–water partition coefficient (Wildman–Crippen LogP) is 2.52. The molecule has 0 radical (unpaired) electrons. The zero-order chi connectivity index (χ0) is 15.2. The molecule has 22 heavy (non-hydrogen) atoms. The van der Waals surface area contributed by atoms with Crippen LogP contribution in [0.4, 0.5) is 0 Å². The van der Waals surface area contributed by atoms with E-state index in [1.54, 1.807) is 6.20 Å². The normalized spacial score (nSPS) is 18.2. The van der Waals surface area contributed by atoms with E-state index < -0.39 is 0 Å². The Labute approximate surface area is 130 Å². The molecule has 5 heteroatoms. The molecule has 2 aromatic rings. The van der Waals surface area contributed by atoms with Crippen molar-refractivity contribution in [1.82, 2.24) is 14.5 Å². The van der Waals surface area contributed by atoms with Gasteiger partial charge in [-0.3, -0.25) is 4.79 Å². The van der Waals surface area contributed by atoms with Gasteiger partial charge in [0.25, 0.3) is 0 Å². The van der Waals surface area contributed by atoms with Gasteiger partial charge in [-0.1, -0.05) is 18.2 Å². The molecule has 5 nitrogen and oxygen atoms in total. The number of ether oxygens (including phenoxy) is 1. The van der Waals surface area contributed by atoms with Crippen LogP contribution in [0.1, 0.15) is 25.3 Å². The molecule has 0 bridgehead atoms. The van der Waals surface area contributed by atoms with Crippen molar-refractivity contribution in [2.75, 3.05) is 19.7 Å². The number of piperidine rings is 1. The van der Waals surface area contributed by atoms with Gasteiger partial charge in [-0.15, -0.1) is 0 Å². The van der Waals surface area contributed by atoms with Crippen LogP contribution in [0.5, 0.6) is 5.75 Å². The van der Waals surface area contributed by atoms with Crippen LogP contribution in [-0.2, 0) is 4.79 Å². The Morgan fingerprint density at radius 3 is 2.95 bits per heavy atom. The number of hydrogen-bond donors (Lipinski definition) is 0. The lowest BCUT2D eigenvalue weighted by Crippen LogP contribution is -2.41. The average molecular weight is 299 g/mol. The third-order valence-corrected chi connectivity index (χ3v) is 4.02. The number of para-hydroxylation sites is 1. The second-order valence-electron chi connectivity index (χ2n) is 5.56. The maximum atomic E-state index is 12.3. The minimum absolute atomic E-state index is 0.167. The van der Waals surface area contributed by atoms with Crippen molar-refractivity contribution in [1.29, 1.82) is 0 Å². The monoisotopic (exact) mass is 299 g/mol. The third-order valence-electron chi connectivity index (χ3n) is 4.02. The van der Waals surface area contributed by atoms with Crippen molar-refractivity contribution in [3.8, 4) is 5.75 Å². The molecule has 1 aromatic heterocycles. The molecular weight excluding hydrogens is 278 g/mol. The molecular formula is C17H21N3O2. The highest BCUT2D eigenvalue weighted by Crippen LogP contribution is 2.21. The number of aromatic nitrogens is 2. The molecule has 1 saturated heterocycles. The van der Waals surface area contributed by atoms with Crippen LogP contribution in [-0.4, -0.2) is 40.1 Å². The number of amides is 1. The number of carbonyl (C=O) groups excluding carboxylic acids is 1. The maximum Gasteiger partial charge on any atom is 0.226 e. The molecule has 1 aliphatic heterocycles. The summed E-state index contributed by atoms with van der Waals surface area (Å²) in [6, 6.07) is 9.95. The van der Waals surface area contributed by atoms with Crippen molar-refractivity contribution in [3.63, 3.8) is 0 Å². The summed E-state index contributed by atoms with van der Waals surface area (Å²) in [6.07, 6.45) is 8.14. The lowest BCUT2D eigenvalue weighted by Gasteiger charge is -2.33. The van der Waals surface area contributed by atoms with Crippen molar-refractivity contribution in [2.24, 2.45) is 0 Å². The molecule has 1 atom stereocenters. The highest BCUT2D eigenvalue weighted by atomic mass is 16.5. The van der Waals surface area contributed by atoms with E-state index in [-0.39, 0.29) is 5.91 Å². The van der Waals surface area contributed by atoms with Gasteiger partial charge < -0.3 is 14.2 Å². The number of hydrogen-bond acceptors (Lipinski definition) is 3. The Hall–Kier alpha value is -2.30. The molecule has 116 valence electrons. The van der Waals surface area contributed by atoms with E-state index in [4.69, 9.17) is 4.74 Å². The van der Waals surface area contributed by atoms with Crippen LogP contribution >= 0.6 is 0 Å². The van der Waals surface area contributed by atoms with Gasteiger partial charge in [0.1, 0.15) is 5.75 Å². The number of nitrogens with zero attached hydrogens (tertiary/aromatic N) is 3. The van der Waals surface area contributed by atoms with E-state index in [9.17, 15) is 4.79 Å². The van der Waals surface area contributed by atoms with Gasteiger partial charge in [0.2, 0.25) is 5.91 Å². The van der Waals surface area contributed by atoms with Gasteiger partial charge in [-0.25, -0.2) is 4.98 Å². The van der Waals surface area contributed by atoms with Crippen LogP contribution in [0.15, 0.2) is 49.1 Å². The summed E-state index contributed by atoms with van der Waals surface area (Å²) in [4.78, 5) is 18.4. The Morgan fingerprint density at radius 2 is 2.18 bits per heavy atom. The summed E-state index contributed by atoms with van der Waals surface area (Å²) in [5, 5.41) is 0. The lowest BCUT2D eigenvalue weighted by molar-refractivity contribution is -0.133. The minimum Gasteiger partial charge on any atom is -0.493 e. The van der Waals surface area contributed by atoms with Crippen molar-refractivity contribution >= 4 is 5.91 Å². The van der Waals surface area contributed by atoms with E-state index in [1.165, 1.54) is 0 Å². The van der Waals surface area contributed by atoms with Crippen molar-refractivity contribution in [2.45, 2.75) is 25.3 Å². The summed E-state index contributed by atoms with van der Waals surface area (Å²) in [7, 11) is 0. The second-order valence-corrected chi connectivity index (χ2v) is 5.56. The largest absolute Gasteiger partial charge is 0.493 e. The van der Waals surface area contributed by atoms with Crippen molar-refractivity contribution in [3.05, 3.63) is 49.1 Å². The first-order valence-electron chi connectivity index (χ1n) is 7.76. The highest BCUT2D eigenvalue weighted by molar-refractivity contribution is 5.76. The number of benzene rings is 1. The topological polar surface area (TPSA) is 47.4 Å². The second kappa shape index (κ2) is 7.11. The number of carbonyl (C=O) groups is 1. The van der Waals surface area contributed by atoms with E-state index in [2.05, 4.69) is 9.55 Å². The van der Waals surface area contributed by atoms with Gasteiger partial charge in [-0.05, 0) is 25.0 Å². The molecule has 1 aromatic carbocycles. The highest BCUT2D eigenvalue weighted by Gasteiger charge is 2.24. The van der Waals surface area contributed by atoms with E-state index in [0.29, 0.717) is 19.1 Å². The fraction of sp³-hybridized carbons (Fsp3) is 0.412. The first kappa shape index (κ1) is 14.6. The van der Waals surface area contributed by atoms with Gasteiger partial charge in [0, 0.05) is 25.5 Å². The zero-order valence-corrected chi connectivity index (χ0v) is 12.6. The average Bonchev–Trinajstić information content (AvgIpc) is 3.10. The fourth-order valence-corrected chi connectivity index (χ4v) is 2.84. The molecule has 0 spiro atoms. The van der Waals surface area contributed by atoms with Gasteiger partial charge in [0.15, 0.2) is 0 Å². The number of imidazole rings is 1. The number of rotatable bonds is 5. The van der Waals surface area contributed by atoms with Crippen LogP contribution in [0, 0.1) is 0 Å². The molecule has 0 N–H and O–H groups in total. The molecule has 1 fully saturated rings. The Kier molecular flexibility index (Phi) is 4.73. The lowest BCUT2D eigenvalue weighted by atomic mass is 10.1. The standard InChI is InChI=1S/C17H21N3O2/c21-17(8-12-22-16-6-2-1-3-7-16)19-10-4-5-15(13-19)20-11-9-18-14-20/h1-3,6-7,9,11,14-15H,4-5,8,10,12-13H2/t15-/m0/s1. The summed E-state index contributed by atoms with van der Waals surface area (Å²) in [6.45, 7) is 2.03. The third kappa shape index (κ3) is 3.67. The van der Waals surface area contributed by atoms with Crippen LogP contribution in [0.3, 0.4) is 0 Å². The van der Waals surface area contributed by atoms with Crippen LogP contribution < -0.4 is 4.74 Å². The minimum atomic E-state index is 0.167. The Bertz CT molecular complexity index is 583. The maximum absolute atomic E-state index is 12.3. The van der Waals surface area contributed by atoms with Crippen LogP contribution in [0.25, 0.3) is 0 Å². The zero-order valence-electron chi connectivity index (χ0n) is 12.6. The molecule has 1 amide bonds. The summed E-state index contributed by atoms with van der Waals surface area (Å²) < 4.78 is 7.70. The molecule has 0 saturated carbocycles. The SMILES string of the molecule is O=C(CCOc1ccccc1)N1CCC[C@H](n2ccnc2)C1. The number of likely N-dealkylation sites (tertiary alicyclic amines) is 1. The first-order chi connectivity index (χ1) is 10.8. The molecule has 3 rings (SSSR count). The van der Waals surface area contributed by atoms with Crippen molar-refractivity contribution < 1.29 is 9.53 Å². The molecule has 0 aliphatic carbocycles. The van der Waals surface area contributed by atoms with Gasteiger partial charge >= 0.3 is 0 Å². The van der Waals surface area contributed by atoms with E-state index >= 15 is 0 Å². The first-order valence-corrected chi connectivity index (χ1v) is 7.76. The van der Waals surface area contributed by atoms with E-state index in [0.717, 1.165) is 31.7 Å². The fourth-order valence-electron chi connectivity index (χ4n) is 2.84. The summed E-state index contributed by atoms with van der Waals surface area (Å²) in [5.41, 5.74) is 0. The quantitative estimate of drug-likeness (QED) is 0.852. The van der Waals surface area contributed by atoms with Gasteiger partial charge in [0.05, 0.1) is 25.4 Å². The molecule has 0 unspecified atom stereocenters. The predicted molar refractivity (Wildman–Crippen MR) is 83.6 cm³/mol. The Morgan fingerprint density at radius 1 is 1.32 bits per heavy atom. The Balaban J connectivity index is 1.47. The summed E-state index contributed by atoms with van der Waals surface area (Å²) >= 11 is 0. The molecule has 1 aliphatic rings. The van der Waals surface area contributed by atoms with Gasteiger partial charge in [-0.2, -0.15) is 0 Å². The van der Waals surface area contributed by atoms with E-state index in [1.807, 2.05) is 47.8 Å². The summed E-state index contributed by atoms with van der Waals surface area (Å²) in [5.74, 6) is 0.978.